The molecule has 0 spiro atoms. The smallest absolute Gasteiger partial charge is 0.266 e. The molecule has 4 nitrogen and oxygen atoms in total. The van der Waals surface area contributed by atoms with E-state index in [0.717, 1.165) is 26.5 Å². The number of hydrogen-bond donors (Lipinski definition) is 0. The van der Waals surface area contributed by atoms with Crippen molar-refractivity contribution in [3.05, 3.63) is 66.5 Å². The maximum Gasteiger partial charge on any atom is 0.266 e. The van der Waals surface area contributed by atoms with Crippen LogP contribution in [0.15, 0.2) is 56.8 Å². The summed E-state index contributed by atoms with van der Waals surface area (Å²) in [5.74, 6) is 0.731. The van der Waals surface area contributed by atoms with E-state index in [1.54, 1.807) is 4.90 Å². The quantitative estimate of drug-likeness (QED) is 0.318. The van der Waals surface area contributed by atoms with Crippen LogP contribution in [-0.4, -0.2) is 29.1 Å². The number of nitrogens with zero attached hydrogens (tertiary/aromatic N) is 2. The van der Waals surface area contributed by atoms with Crippen molar-refractivity contribution in [2.75, 3.05) is 13.1 Å². The van der Waals surface area contributed by atoms with Crippen molar-refractivity contribution in [1.29, 1.82) is 0 Å². The predicted molar refractivity (Wildman–Crippen MR) is 129 cm³/mol. The second-order valence-corrected chi connectivity index (χ2v) is 9.18. The highest BCUT2D eigenvalue weighted by molar-refractivity contribution is 14.1. The van der Waals surface area contributed by atoms with E-state index in [2.05, 4.69) is 67.8 Å². The van der Waals surface area contributed by atoms with Crippen molar-refractivity contribution >= 4 is 67.4 Å². The first-order chi connectivity index (χ1) is 13.5. The molecule has 1 amide bonds. The van der Waals surface area contributed by atoms with E-state index < -0.39 is 0 Å². The number of likely N-dealkylation sites (N-methyl/N-ethyl adjacent to an activating group) is 1. The largest absolute Gasteiger partial charge is 0.488 e. The lowest BCUT2D eigenvalue weighted by atomic mass is 10.1. The molecule has 7 heteroatoms. The van der Waals surface area contributed by atoms with E-state index >= 15 is 0 Å². The first-order valence-corrected chi connectivity index (χ1v) is 11.6. The van der Waals surface area contributed by atoms with E-state index in [4.69, 9.17) is 4.74 Å². The van der Waals surface area contributed by atoms with Crippen LogP contribution in [0.5, 0.6) is 5.75 Å². The number of thioether (sulfide) groups is 1. The lowest BCUT2D eigenvalue weighted by Gasteiger charge is -2.12. The Bertz CT molecular complexity index is 929. The molecule has 2 aromatic rings. The van der Waals surface area contributed by atoms with Gasteiger partial charge in [0.15, 0.2) is 5.17 Å². The third-order valence-electron chi connectivity index (χ3n) is 4.06. The van der Waals surface area contributed by atoms with Gasteiger partial charge in [0.1, 0.15) is 12.4 Å². The second kappa shape index (κ2) is 9.93. The molecule has 0 atom stereocenters. The van der Waals surface area contributed by atoms with Crippen molar-refractivity contribution in [2.45, 2.75) is 20.5 Å². The molecule has 0 unspecified atom stereocenters. The van der Waals surface area contributed by atoms with Crippen LogP contribution >= 0.6 is 50.3 Å². The molecule has 1 aliphatic rings. The summed E-state index contributed by atoms with van der Waals surface area (Å²) in [5, 5.41) is 0.762. The van der Waals surface area contributed by atoms with Gasteiger partial charge in [0, 0.05) is 26.7 Å². The molecule has 146 valence electrons. The summed E-state index contributed by atoms with van der Waals surface area (Å²) < 4.78 is 8.19. The number of hydrogen-bond acceptors (Lipinski definition) is 4. The summed E-state index contributed by atoms with van der Waals surface area (Å²) in [7, 11) is 0. The molecule has 0 aromatic heterocycles. The Kier molecular flexibility index (Phi) is 7.59. The number of benzene rings is 2. The molecule has 0 saturated carbocycles. The van der Waals surface area contributed by atoms with Gasteiger partial charge in [0.25, 0.3) is 5.91 Å². The summed E-state index contributed by atoms with van der Waals surface area (Å²) in [6.45, 7) is 5.66. The molecule has 0 radical (unpaired) electrons. The van der Waals surface area contributed by atoms with E-state index in [1.807, 2.05) is 38.1 Å². The minimum Gasteiger partial charge on any atom is -0.488 e. The summed E-state index contributed by atoms with van der Waals surface area (Å²) in [5.41, 5.74) is 1.97. The number of ether oxygens (including phenoxy) is 1. The van der Waals surface area contributed by atoms with Gasteiger partial charge in [-0.05, 0) is 90.2 Å². The third-order valence-corrected chi connectivity index (χ3v) is 6.32. The van der Waals surface area contributed by atoms with Crippen LogP contribution in [0, 0.1) is 3.57 Å². The van der Waals surface area contributed by atoms with Gasteiger partial charge in [-0.15, -0.1) is 0 Å². The van der Waals surface area contributed by atoms with Crippen LogP contribution in [0.2, 0.25) is 0 Å². The zero-order valence-electron chi connectivity index (χ0n) is 15.6. The Labute approximate surface area is 191 Å². The lowest BCUT2D eigenvalue weighted by Crippen LogP contribution is -2.28. The number of carbonyl (C=O) groups excluding carboxylic acids is 1. The van der Waals surface area contributed by atoms with Gasteiger partial charge >= 0.3 is 0 Å². The zero-order chi connectivity index (χ0) is 20.1. The maximum atomic E-state index is 12.7. The molecule has 28 heavy (non-hydrogen) atoms. The van der Waals surface area contributed by atoms with Gasteiger partial charge in [-0.25, -0.2) is 0 Å². The number of rotatable bonds is 6. The normalized spacial score (nSPS) is 17.0. The van der Waals surface area contributed by atoms with Crippen LogP contribution in [0.25, 0.3) is 6.08 Å². The topological polar surface area (TPSA) is 41.9 Å². The first kappa shape index (κ1) is 21.4. The Morgan fingerprint density at radius 1 is 1.21 bits per heavy atom. The van der Waals surface area contributed by atoms with Gasteiger partial charge in [0.2, 0.25) is 0 Å². The highest BCUT2D eigenvalue weighted by Gasteiger charge is 2.32. The van der Waals surface area contributed by atoms with Crippen molar-refractivity contribution in [3.8, 4) is 5.75 Å². The number of amides is 1. The fourth-order valence-electron chi connectivity index (χ4n) is 2.69. The van der Waals surface area contributed by atoms with Crippen LogP contribution in [0.4, 0.5) is 0 Å². The standard InChI is InChI=1S/C21H20BrIN2O2S/c1-3-24-21-25(4-2)20(26)19(28-21)12-15-11-16(22)7-10-18(15)27-13-14-5-8-17(23)9-6-14/h5-12H,3-4,13H2,1-2H3/b19-12+,24-21?. The molecule has 0 bridgehead atoms. The predicted octanol–water partition coefficient (Wildman–Crippen LogP) is 5.94. The van der Waals surface area contributed by atoms with E-state index in [0.29, 0.717) is 24.6 Å². The summed E-state index contributed by atoms with van der Waals surface area (Å²) in [6, 6.07) is 14.1. The van der Waals surface area contributed by atoms with Crippen molar-refractivity contribution in [3.63, 3.8) is 0 Å². The monoisotopic (exact) mass is 570 g/mol. The Morgan fingerprint density at radius 3 is 2.64 bits per heavy atom. The molecule has 3 rings (SSSR count). The molecular formula is C21H20BrIN2O2S. The fraction of sp³-hybridized carbons (Fsp3) is 0.238. The van der Waals surface area contributed by atoms with Crippen LogP contribution < -0.4 is 4.74 Å². The maximum absolute atomic E-state index is 12.7. The van der Waals surface area contributed by atoms with Gasteiger partial charge in [0.05, 0.1) is 4.91 Å². The SMILES string of the molecule is CCN=C1S/C(=C/c2cc(Br)ccc2OCc2ccc(I)cc2)C(=O)N1CC. The van der Waals surface area contributed by atoms with Gasteiger partial charge in [-0.2, -0.15) is 0 Å². The highest BCUT2D eigenvalue weighted by atomic mass is 127. The third kappa shape index (κ3) is 5.18. The molecular weight excluding hydrogens is 551 g/mol. The van der Waals surface area contributed by atoms with Crippen LogP contribution in [0.3, 0.4) is 0 Å². The number of amidine groups is 1. The number of aliphatic imine (C=N–C) groups is 1. The molecule has 1 heterocycles. The number of carbonyl (C=O) groups is 1. The minimum absolute atomic E-state index is 0.0109. The number of halogens is 2. The molecule has 0 N–H and O–H groups in total. The minimum atomic E-state index is -0.0109. The molecule has 2 aromatic carbocycles. The lowest BCUT2D eigenvalue weighted by molar-refractivity contribution is -0.122. The zero-order valence-corrected chi connectivity index (χ0v) is 20.2. The molecule has 0 aliphatic carbocycles. The van der Waals surface area contributed by atoms with Crippen LogP contribution in [-0.2, 0) is 11.4 Å². The van der Waals surface area contributed by atoms with Crippen molar-refractivity contribution in [1.82, 2.24) is 4.90 Å². The van der Waals surface area contributed by atoms with E-state index in [1.165, 1.54) is 15.3 Å². The van der Waals surface area contributed by atoms with Gasteiger partial charge in [-0.1, -0.05) is 28.1 Å². The Balaban J connectivity index is 1.86. The average molecular weight is 571 g/mol. The Morgan fingerprint density at radius 2 is 1.96 bits per heavy atom. The second-order valence-electron chi connectivity index (χ2n) is 6.01. The molecule has 1 fully saturated rings. The first-order valence-electron chi connectivity index (χ1n) is 8.94. The molecule has 1 saturated heterocycles. The summed E-state index contributed by atoms with van der Waals surface area (Å²) in [6.07, 6.45) is 1.89. The van der Waals surface area contributed by atoms with Crippen molar-refractivity contribution in [2.24, 2.45) is 4.99 Å². The average Bonchev–Trinajstić information content (AvgIpc) is 2.97. The van der Waals surface area contributed by atoms with Crippen molar-refractivity contribution < 1.29 is 9.53 Å². The van der Waals surface area contributed by atoms with E-state index in [-0.39, 0.29) is 5.91 Å². The summed E-state index contributed by atoms with van der Waals surface area (Å²) in [4.78, 5) is 19.6. The fourth-order valence-corrected chi connectivity index (χ4v) is 4.52. The summed E-state index contributed by atoms with van der Waals surface area (Å²) >= 11 is 7.22. The molecule has 1 aliphatic heterocycles. The van der Waals surface area contributed by atoms with Gasteiger partial charge in [-0.3, -0.25) is 14.7 Å². The highest BCUT2D eigenvalue weighted by Crippen LogP contribution is 2.35. The van der Waals surface area contributed by atoms with Gasteiger partial charge < -0.3 is 4.74 Å². The van der Waals surface area contributed by atoms with Crippen LogP contribution in [0.1, 0.15) is 25.0 Å². The van der Waals surface area contributed by atoms with E-state index in [9.17, 15) is 4.79 Å². The Hall–Kier alpha value is -1.32.